The molecule has 2 amide bonds. The van der Waals surface area contributed by atoms with E-state index in [0.717, 1.165) is 32.2 Å². The number of nitrogens with zero attached hydrogens (tertiary/aromatic N) is 1. The Kier molecular flexibility index (Phi) is 4.66. The Morgan fingerprint density at radius 3 is 2.48 bits per heavy atom. The van der Waals surface area contributed by atoms with Crippen molar-refractivity contribution in [1.82, 2.24) is 10.2 Å². The highest BCUT2D eigenvalue weighted by Gasteiger charge is 2.30. The monoisotopic (exact) mass is 316 g/mol. The molecule has 23 heavy (non-hydrogen) atoms. The second-order valence-electron chi connectivity index (χ2n) is 6.70. The number of carbonyl (C=O) groups is 2. The van der Waals surface area contributed by atoms with Crippen LogP contribution in [0.25, 0.3) is 0 Å². The molecular formula is C18H24N2O3. The summed E-state index contributed by atoms with van der Waals surface area (Å²) in [5, 5.41) is 12.5. The zero-order valence-corrected chi connectivity index (χ0v) is 13.5. The lowest BCUT2D eigenvalue weighted by molar-refractivity contribution is 0.0681. The fourth-order valence-corrected chi connectivity index (χ4v) is 3.17. The molecule has 1 saturated carbocycles. The van der Waals surface area contributed by atoms with Gasteiger partial charge in [0, 0.05) is 29.8 Å². The average molecular weight is 316 g/mol. The van der Waals surface area contributed by atoms with Gasteiger partial charge in [-0.2, -0.15) is 0 Å². The van der Waals surface area contributed by atoms with Gasteiger partial charge in [0.05, 0.1) is 6.10 Å². The van der Waals surface area contributed by atoms with Crippen LogP contribution in [0.15, 0.2) is 24.3 Å². The van der Waals surface area contributed by atoms with Gasteiger partial charge in [-0.3, -0.25) is 9.59 Å². The summed E-state index contributed by atoms with van der Waals surface area (Å²) in [5.41, 5.74) is 1.20. The first kappa shape index (κ1) is 16.0. The number of carbonyl (C=O) groups excluding carboxylic acids is 2. The van der Waals surface area contributed by atoms with E-state index in [1.807, 2.05) is 4.90 Å². The number of aliphatic hydroxyl groups excluding tert-OH is 1. The lowest BCUT2D eigenvalue weighted by atomic mass is 10.1. The fourth-order valence-electron chi connectivity index (χ4n) is 3.17. The van der Waals surface area contributed by atoms with E-state index in [9.17, 15) is 14.7 Å². The predicted molar refractivity (Wildman–Crippen MR) is 87.3 cm³/mol. The molecule has 2 atom stereocenters. The summed E-state index contributed by atoms with van der Waals surface area (Å²) in [6, 6.07) is 7.31. The van der Waals surface area contributed by atoms with Gasteiger partial charge < -0.3 is 15.3 Å². The van der Waals surface area contributed by atoms with Gasteiger partial charge >= 0.3 is 0 Å². The van der Waals surface area contributed by atoms with E-state index in [-0.39, 0.29) is 17.9 Å². The van der Waals surface area contributed by atoms with Crippen molar-refractivity contribution in [2.24, 2.45) is 0 Å². The summed E-state index contributed by atoms with van der Waals surface area (Å²) in [5.74, 6) is -0.0815. The van der Waals surface area contributed by atoms with Crippen molar-refractivity contribution in [3.8, 4) is 0 Å². The topological polar surface area (TPSA) is 69.6 Å². The number of rotatable bonds is 5. The molecule has 3 rings (SSSR count). The van der Waals surface area contributed by atoms with Gasteiger partial charge in [0.1, 0.15) is 0 Å². The number of aliphatic hydroxyl groups is 1. The highest BCUT2D eigenvalue weighted by molar-refractivity contribution is 5.98. The van der Waals surface area contributed by atoms with Crippen LogP contribution in [0.2, 0.25) is 0 Å². The molecule has 0 spiro atoms. The third-order valence-electron chi connectivity index (χ3n) is 4.56. The first-order chi connectivity index (χ1) is 11.0. The van der Waals surface area contributed by atoms with E-state index in [0.29, 0.717) is 23.6 Å². The van der Waals surface area contributed by atoms with Gasteiger partial charge in [-0.25, -0.2) is 0 Å². The quantitative estimate of drug-likeness (QED) is 0.872. The highest BCUT2D eigenvalue weighted by Crippen LogP contribution is 2.24. The molecule has 0 bridgehead atoms. The molecule has 2 unspecified atom stereocenters. The first-order valence-corrected chi connectivity index (χ1v) is 8.44. The lowest BCUT2D eigenvalue weighted by Crippen LogP contribution is -2.37. The molecule has 2 fully saturated rings. The number of amides is 2. The molecule has 1 heterocycles. The first-order valence-electron chi connectivity index (χ1n) is 8.44. The predicted octanol–water partition coefficient (Wildman–Crippen LogP) is 1.95. The van der Waals surface area contributed by atoms with Crippen LogP contribution in [0.1, 0.15) is 59.7 Å². The van der Waals surface area contributed by atoms with Gasteiger partial charge in [0.15, 0.2) is 0 Å². The molecule has 5 heteroatoms. The van der Waals surface area contributed by atoms with Crippen molar-refractivity contribution in [3.05, 3.63) is 35.4 Å². The van der Waals surface area contributed by atoms with Crippen LogP contribution >= 0.6 is 0 Å². The van der Waals surface area contributed by atoms with Crippen molar-refractivity contribution in [2.45, 2.75) is 57.2 Å². The second kappa shape index (κ2) is 6.71. The van der Waals surface area contributed by atoms with Crippen LogP contribution in [0.5, 0.6) is 0 Å². The van der Waals surface area contributed by atoms with Crippen LogP contribution in [0, 0.1) is 0 Å². The van der Waals surface area contributed by atoms with Crippen molar-refractivity contribution in [2.75, 3.05) is 6.54 Å². The normalized spacial score (nSPS) is 22.0. The number of hydrogen-bond acceptors (Lipinski definition) is 3. The molecule has 0 radical (unpaired) electrons. The minimum Gasteiger partial charge on any atom is -0.393 e. The van der Waals surface area contributed by atoms with E-state index in [4.69, 9.17) is 0 Å². The maximum Gasteiger partial charge on any atom is 0.254 e. The fraction of sp³-hybridized carbons (Fsp3) is 0.556. The molecule has 2 aliphatic rings. The van der Waals surface area contributed by atoms with Crippen molar-refractivity contribution >= 4 is 11.8 Å². The summed E-state index contributed by atoms with van der Waals surface area (Å²) >= 11 is 0. The Balaban J connectivity index is 1.65. The second-order valence-corrected chi connectivity index (χ2v) is 6.70. The largest absolute Gasteiger partial charge is 0.393 e. The molecule has 2 N–H and O–H groups in total. The van der Waals surface area contributed by atoms with Gasteiger partial charge in [-0.1, -0.05) is 0 Å². The van der Waals surface area contributed by atoms with E-state index >= 15 is 0 Å². The Labute approximate surface area is 136 Å². The zero-order chi connectivity index (χ0) is 16.4. The van der Waals surface area contributed by atoms with Crippen LogP contribution < -0.4 is 5.32 Å². The minimum atomic E-state index is -0.401. The standard InChI is InChI=1S/C18H24N2O3/c1-12(21)11-16-3-2-10-20(16)18(23)14-6-4-13(5-7-14)17(22)19-15-8-9-15/h4-7,12,15-16,21H,2-3,8-11H2,1H3,(H,19,22). The van der Waals surface area contributed by atoms with Gasteiger partial charge in [-0.15, -0.1) is 0 Å². The molecule has 1 aliphatic carbocycles. The van der Waals surface area contributed by atoms with E-state index in [2.05, 4.69) is 5.32 Å². The summed E-state index contributed by atoms with van der Waals surface area (Å²) in [7, 11) is 0. The summed E-state index contributed by atoms with van der Waals surface area (Å²) in [6.07, 6.45) is 4.25. The maximum atomic E-state index is 12.7. The molecular weight excluding hydrogens is 292 g/mol. The van der Waals surface area contributed by atoms with Crippen LogP contribution in [0.4, 0.5) is 0 Å². The third-order valence-corrected chi connectivity index (χ3v) is 4.56. The number of nitrogens with one attached hydrogen (secondary N) is 1. The minimum absolute atomic E-state index is 0.0118. The lowest BCUT2D eigenvalue weighted by Gasteiger charge is -2.25. The Morgan fingerprint density at radius 2 is 1.87 bits per heavy atom. The van der Waals surface area contributed by atoms with Crippen molar-refractivity contribution < 1.29 is 14.7 Å². The maximum absolute atomic E-state index is 12.7. The van der Waals surface area contributed by atoms with Crippen LogP contribution in [-0.4, -0.2) is 46.6 Å². The molecule has 5 nitrogen and oxygen atoms in total. The Morgan fingerprint density at radius 1 is 1.22 bits per heavy atom. The van der Waals surface area contributed by atoms with Crippen LogP contribution in [0.3, 0.4) is 0 Å². The van der Waals surface area contributed by atoms with E-state index in [1.54, 1.807) is 31.2 Å². The van der Waals surface area contributed by atoms with Gasteiger partial charge in [0.25, 0.3) is 11.8 Å². The molecule has 124 valence electrons. The zero-order valence-electron chi connectivity index (χ0n) is 13.5. The molecule has 1 aromatic rings. The summed E-state index contributed by atoms with van der Waals surface area (Å²) < 4.78 is 0. The Hall–Kier alpha value is -1.88. The highest BCUT2D eigenvalue weighted by atomic mass is 16.3. The van der Waals surface area contributed by atoms with Crippen molar-refractivity contribution in [3.63, 3.8) is 0 Å². The molecule has 1 aliphatic heterocycles. The summed E-state index contributed by atoms with van der Waals surface area (Å²) in [4.78, 5) is 26.5. The smallest absolute Gasteiger partial charge is 0.254 e. The number of benzene rings is 1. The van der Waals surface area contributed by atoms with Crippen LogP contribution in [-0.2, 0) is 0 Å². The summed E-state index contributed by atoms with van der Waals surface area (Å²) in [6.45, 7) is 2.49. The molecule has 1 saturated heterocycles. The number of hydrogen-bond donors (Lipinski definition) is 2. The van der Waals surface area contributed by atoms with Gasteiger partial charge in [0.2, 0.25) is 0 Å². The number of likely N-dealkylation sites (tertiary alicyclic amines) is 1. The molecule has 0 aromatic heterocycles. The van der Waals surface area contributed by atoms with E-state index < -0.39 is 6.10 Å². The molecule has 1 aromatic carbocycles. The third kappa shape index (κ3) is 3.91. The Bertz CT molecular complexity index is 578. The average Bonchev–Trinajstić information content (AvgIpc) is 3.23. The van der Waals surface area contributed by atoms with E-state index in [1.165, 1.54) is 0 Å². The van der Waals surface area contributed by atoms with Gasteiger partial charge in [-0.05, 0) is 63.3 Å². The van der Waals surface area contributed by atoms with Crippen molar-refractivity contribution in [1.29, 1.82) is 0 Å². The SMILES string of the molecule is CC(O)CC1CCCN1C(=O)c1ccc(C(=O)NC2CC2)cc1.